The molecule has 0 atom stereocenters. The molecule has 4 heteroatoms. The molecule has 86 valence electrons. The first kappa shape index (κ1) is 9.90. The number of hydrogen-bond donors (Lipinski definition) is 1. The average Bonchev–Trinajstić information content (AvgIpc) is 2.90. The van der Waals surface area contributed by atoms with E-state index in [1.165, 1.54) is 0 Å². The van der Waals surface area contributed by atoms with E-state index in [1.54, 1.807) is 6.26 Å². The van der Waals surface area contributed by atoms with Gasteiger partial charge in [0.1, 0.15) is 5.76 Å². The standard InChI is InChI=1S/C12H16N2O2/c15-12(9-6-13-7-9)14(10-3-4-10)8-11-2-1-5-16-11/h1-2,5,9-10,13H,3-4,6-8H2. The van der Waals surface area contributed by atoms with Gasteiger partial charge in [-0.1, -0.05) is 0 Å². The van der Waals surface area contributed by atoms with E-state index >= 15 is 0 Å². The summed E-state index contributed by atoms with van der Waals surface area (Å²) in [5.74, 6) is 1.36. The van der Waals surface area contributed by atoms with Gasteiger partial charge >= 0.3 is 0 Å². The molecule has 1 amide bonds. The summed E-state index contributed by atoms with van der Waals surface area (Å²) in [5, 5.41) is 3.14. The van der Waals surface area contributed by atoms with E-state index in [9.17, 15) is 4.79 Å². The first-order chi connectivity index (χ1) is 7.84. The molecule has 4 nitrogen and oxygen atoms in total. The summed E-state index contributed by atoms with van der Waals surface area (Å²) in [6.45, 7) is 2.30. The van der Waals surface area contributed by atoms with Crippen LogP contribution in [0.5, 0.6) is 0 Å². The highest BCUT2D eigenvalue weighted by molar-refractivity contribution is 5.80. The summed E-state index contributed by atoms with van der Waals surface area (Å²) in [6, 6.07) is 4.26. The number of carbonyl (C=O) groups is 1. The molecule has 1 aromatic rings. The lowest BCUT2D eigenvalue weighted by Gasteiger charge is -2.32. The number of nitrogens with one attached hydrogen (secondary N) is 1. The van der Waals surface area contributed by atoms with Crippen molar-refractivity contribution in [2.24, 2.45) is 5.92 Å². The molecule has 0 radical (unpaired) electrons. The van der Waals surface area contributed by atoms with Crippen molar-refractivity contribution in [1.29, 1.82) is 0 Å². The highest BCUT2D eigenvalue weighted by atomic mass is 16.3. The maximum Gasteiger partial charge on any atom is 0.228 e. The van der Waals surface area contributed by atoms with Crippen LogP contribution < -0.4 is 5.32 Å². The first-order valence-corrected chi connectivity index (χ1v) is 5.88. The van der Waals surface area contributed by atoms with Crippen LogP contribution in [0.25, 0.3) is 0 Å². The Morgan fingerprint density at radius 2 is 2.31 bits per heavy atom. The second-order valence-electron chi connectivity index (χ2n) is 4.63. The van der Waals surface area contributed by atoms with Gasteiger partial charge in [-0.05, 0) is 25.0 Å². The highest BCUT2D eigenvalue weighted by Crippen LogP contribution is 2.30. The molecule has 1 aliphatic carbocycles. The number of hydrogen-bond acceptors (Lipinski definition) is 3. The van der Waals surface area contributed by atoms with Crippen molar-refractivity contribution in [2.75, 3.05) is 13.1 Å². The van der Waals surface area contributed by atoms with Crippen LogP contribution in [-0.4, -0.2) is 29.9 Å². The van der Waals surface area contributed by atoms with Gasteiger partial charge in [0, 0.05) is 19.1 Å². The zero-order chi connectivity index (χ0) is 11.0. The number of rotatable bonds is 4. The van der Waals surface area contributed by atoms with Gasteiger partial charge in [-0.25, -0.2) is 0 Å². The number of carbonyl (C=O) groups excluding carboxylic acids is 1. The largest absolute Gasteiger partial charge is 0.467 e. The van der Waals surface area contributed by atoms with E-state index in [2.05, 4.69) is 5.32 Å². The van der Waals surface area contributed by atoms with Crippen molar-refractivity contribution >= 4 is 5.91 Å². The minimum Gasteiger partial charge on any atom is -0.467 e. The van der Waals surface area contributed by atoms with E-state index < -0.39 is 0 Å². The minimum absolute atomic E-state index is 0.190. The summed E-state index contributed by atoms with van der Waals surface area (Å²) < 4.78 is 5.31. The number of amides is 1. The SMILES string of the molecule is O=C(C1CNC1)N(Cc1ccco1)C1CC1. The third-order valence-electron chi connectivity index (χ3n) is 3.31. The Bertz CT molecular complexity index is 366. The third-order valence-corrected chi connectivity index (χ3v) is 3.31. The molecule has 0 bridgehead atoms. The minimum atomic E-state index is 0.190. The number of nitrogens with zero attached hydrogens (tertiary/aromatic N) is 1. The topological polar surface area (TPSA) is 45.5 Å². The molecule has 2 heterocycles. The second-order valence-corrected chi connectivity index (χ2v) is 4.63. The molecule has 1 aromatic heterocycles. The van der Waals surface area contributed by atoms with E-state index in [1.807, 2.05) is 17.0 Å². The molecule has 1 saturated carbocycles. The van der Waals surface area contributed by atoms with Crippen molar-refractivity contribution in [3.8, 4) is 0 Å². The Hall–Kier alpha value is -1.29. The normalized spacial score (nSPS) is 20.5. The molecular formula is C12H16N2O2. The molecule has 1 saturated heterocycles. The molecule has 16 heavy (non-hydrogen) atoms. The third kappa shape index (κ3) is 1.85. The molecule has 0 spiro atoms. The van der Waals surface area contributed by atoms with Gasteiger partial charge in [0.2, 0.25) is 5.91 Å². The Labute approximate surface area is 94.6 Å². The molecule has 0 aromatic carbocycles. The van der Waals surface area contributed by atoms with Gasteiger partial charge in [0.15, 0.2) is 0 Å². The summed E-state index contributed by atoms with van der Waals surface area (Å²) in [5.41, 5.74) is 0. The van der Waals surface area contributed by atoms with Crippen LogP contribution in [0.4, 0.5) is 0 Å². The highest BCUT2D eigenvalue weighted by Gasteiger charge is 2.37. The summed E-state index contributed by atoms with van der Waals surface area (Å²) in [6.07, 6.45) is 3.95. The van der Waals surface area contributed by atoms with Gasteiger partial charge in [0.05, 0.1) is 18.7 Å². The van der Waals surface area contributed by atoms with E-state index in [0.717, 1.165) is 31.7 Å². The Balaban J connectivity index is 1.68. The zero-order valence-corrected chi connectivity index (χ0v) is 9.19. The summed E-state index contributed by atoms with van der Waals surface area (Å²) >= 11 is 0. The first-order valence-electron chi connectivity index (χ1n) is 5.88. The van der Waals surface area contributed by atoms with Crippen LogP contribution in [0.1, 0.15) is 18.6 Å². The lowest BCUT2D eigenvalue weighted by molar-refractivity contribution is -0.138. The van der Waals surface area contributed by atoms with E-state index in [0.29, 0.717) is 12.6 Å². The van der Waals surface area contributed by atoms with Gasteiger partial charge in [-0.2, -0.15) is 0 Å². The van der Waals surface area contributed by atoms with Crippen LogP contribution in [0.2, 0.25) is 0 Å². The van der Waals surface area contributed by atoms with Gasteiger partial charge in [-0.15, -0.1) is 0 Å². The van der Waals surface area contributed by atoms with Gasteiger partial charge in [-0.3, -0.25) is 4.79 Å². The van der Waals surface area contributed by atoms with Crippen molar-refractivity contribution in [3.63, 3.8) is 0 Å². The molecule has 2 fully saturated rings. The number of furan rings is 1. The molecule has 1 aliphatic heterocycles. The van der Waals surface area contributed by atoms with Crippen LogP contribution >= 0.6 is 0 Å². The van der Waals surface area contributed by atoms with Gasteiger partial charge < -0.3 is 14.6 Å². The predicted octanol–water partition coefficient (Wildman–Crippen LogP) is 0.990. The smallest absolute Gasteiger partial charge is 0.228 e. The Kier molecular flexibility index (Phi) is 2.44. The maximum absolute atomic E-state index is 12.2. The molecule has 1 N–H and O–H groups in total. The molecule has 3 rings (SSSR count). The van der Waals surface area contributed by atoms with Crippen molar-refractivity contribution in [1.82, 2.24) is 10.2 Å². The van der Waals surface area contributed by atoms with Crippen LogP contribution in [-0.2, 0) is 11.3 Å². The predicted molar refractivity (Wildman–Crippen MR) is 58.6 cm³/mol. The zero-order valence-electron chi connectivity index (χ0n) is 9.19. The summed E-state index contributed by atoms with van der Waals surface area (Å²) in [4.78, 5) is 14.2. The second kappa shape index (κ2) is 3.94. The van der Waals surface area contributed by atoms with Crippen molar-refractivity contribution in [2.45, 2.75) is 25.4 Å². The molecule has 0 unspecified atom stereocenters. The van der Waals surface area contributed by atoms with Gasteiger partial charge in [0.25, 0.3) is 0 Å². The lowest BCUT2D eigenvalue weighted by Crippen LogP contribution is -2.52. The Morgan fingerprint density at radius 1 is 1.50 bits per heavy atom. The fourth-order valence-electron chi connectivity index (χ4n) is 2.04. The fraction of sp³-hybridized carbons (Fsp3) is 0.583. The lowest BCUT2D eigenvalue weighted by atomic mass is 10.0. The van der Waals surface area contributed by atoms with Crippen molar-refractivity contribution in [3.05, 3.63) is 24.2 Å². The van der Waals surface area contributed by atoms with E-state index in [4.69, 9.17) is 4.42 Å². The van der Waals surface area contributed by atoms with Crippen LogP contribution in [0.15, 0.2) is 22.8 Å². The maximum atomic E-state index is 12.2. The molecule has 2 aliphatic rings. The summed E-state index contributed by atoms with van der Waals surface area (Å²) in [7, 11) is 0. The Morgan fingerprint density at radius 3 is 2.81 bits per heavy atom. The van der Waals surface area contributed by atoms with Crippen molar-refractivity contribution < 1.29 is 9.21 Å². The average molecular weight is 220 g/mol. The molecular weight excluding hydrogens is 204 g/mol. The monoisotopic (exact) mass is 220 g/mol. The van der Waals surface area contributed by atoms with Crippen LogP contribution in [0, 0.1) is 5.92 Å². The quantitative estimate of drug-likeness (QED) is 0.823. The fourth-order valence-corrected chi connectivity index (χ4v) is 2.04. The van der Waals surface area contributed by atoms with E-state index in [-0.39, 0.29) is 11.8 Å². The van der Waals surface area contributed by atoms with Crippen LogP contribution in [0.3, 0.4) is 0 Å².